The second-order valence-electron chi connectivity index (χ2n) is 5.89. The maximum atomic E-state index is 12.8. The fourth-order valence-corrected chi connectivity index (χ4v) is 2.25. The molecule has 0 fully saturated rings. The molecule has 144 valence electrons. The lowest BCUT2D eigenvalue weighted by Crippen LogP contribution is -2.32. The van der Waals surface area contributed by atoms with Crippen LogP contribution in [0.25, 0.3) is 0 Å². The van der Waals surface area contributed by atoms with Gasteiger partial charge in [0.2, 0.25) is 0 Å². The molecule has 0 aliphatic carbocycles. The summed E-state index contributed by atoms with van der Waals surface area (Å²) in [5.41, 5.74) is -0.952. The lowest BCUT2D eigenvalue weighted by Gasteiger charge is -2.13. The van der Waals surface area contributed by atoms with Crippen LogP contribution >= 0.6 is 11.6 Å². The Bertz CT molecular complexity index is 856. The predicted octanol–water partition coefficient (Wildman–Crippen LogP) is 4.53. The molecule has 2 rings (SSSR count). The fourth-order valence-electron chi connectivity index (χ4n) is 2.09. The Kier molecular flexibility index (Phi) is 6.43. The SMILES string of the molecule is CCC(C)NC(=O)c1cncc(C(=O)Nc2cc(C(F)(F)F)ccc2Cl)c1. The zero-order valence-electron chi connectivity index (χ0n) is 14.5. The first-order chi connectivity index (χ1) is 12.6. The fraction of sp³-hybridized carbons (Fsp3) is 0.278. The van der Waals surface area contributed by atoms with Crippen molar-refractivity contribution in [3.8, 4) is 0 Å². The Hall–Kier alpha value is -2.61. The summed E-state index contributed by atoms with van der Waals surface area (Å²) in [7, 11) is 0. The first-order valence-corrected chi connectivity index (χ1v) is 8.43. The van der Waals surface area contributed by atoms with Gasteiger partial charge in [-0.25, -0.2) is 0 Å². The molecule has 0 radical (unpaired) electrons. The summed E-state index contributed by atoms with van der Waals surface area (Å²) in [5.74, 6) is -1.13. The summed E-state index contributed by atoms with van der Waals surface area (Å²) in [6, 6.07) is 3.86. The van der Waals surface area contributed by atoms with Crippen LogP contribution < -0.4 is 10.6 Å². The van der Waals surface area contributed by atoms with Crippen LogP contribution in [0.1, 0.15) is 46.5 Å². The third kappa shape index (κ3) is 5.43. The summed E-state index contributed by atoms with van der Waals surface area (Å²) < 4.78 is 38.5. The third-order valence-electron chi connectivity index (χ3n) is 3.79. The number of hydrogen-bond acceptors (Lipinski definition) is 3. The molecule has 0 spiro atoms. The van der Waals surface area contributed by atoms with E-state index in [-0.39, 0.29) is 27.9 Å². The summed E-state index contributed by atoms with van der Waals surface area (Å²) in [6.07, 6.45) is -1.34. The van der Waals surface area contributed by atoms with E-state index < -0.39 is 23.6 Å². The van der Waals surface area contributed by atoms with E-state index in [0.29, 0.717) is 0 Å². The summed E-state index contributed by atoms with van der Waals surface area (Å²) in [4.78, 5) is 28.3. The quantitative estimate of drug-likeness (QED) is 0.775. The molecule has 2 N–H and O–H groups in total. The van der Waals surface area contributed by atoms with E-state index in [1.165, 1.54) is 18.5 Å². The number of alkyl halides is 3. The Balaban J connectivity index is 2.22. The molecule has 0 saturated heterocycles. The summed E-state index contributed by atoms with van der Waals surface area (Å²) >= 11 is 5.87. The van der Waals surface area contributed by atoms with E-state index in [0.717, 1.165) is 24.6 Å². The maximum Gasteiger partial charge on any atom is 0.416 e. The first kappa shape index (κ1) is 20.7. The highest BCUT2D eigenvalue weighted by Crippen LogP contribution is 2.33. The molecule has 1 atom stereocenters. The van der Waals surface area contributed by atoms with Crippen LogP contribution in [-0.2, 0) is 6.18 Å². The number of nitrogens with zero attached hydrogens (tertiary/aromatic N) is 1. The highest BCUT2D eigenvalue weighted by molar-refractivity contribution is 6.34. The highest BCUT2D eigenvalue weighted by atomic mass is 35.5. The number of pyridine rings is 1. The lowest BCUT2D eigenvalue weighted by atomic mass is 10.1. The monoisotopic (exact) mass is 399 g/mol. The van der Waals surface area contributed by atoms with Gasteiger partial charge in [0, 0.05) is 18.4 Å². The number of anilines is 1. The Morgan fingerprint density at radius 3 is 2.37 bits per heavy atom. The second kappa shape index (κ2) is 8.39. The van der Waals surface area contributed by atoms with Gasteiger partial charge in [0.1, 0.15) is 0 Å². The zero-order valence-corrected chi connectivity index (χ0v) is 15.3. The Labute approximate surface area is 158 Å². The topological polar surface area (TPSA) is 71.1 Å². The second-order valence-corrected chi connectivity index (χ2v) is 6.30. The van der Waals surface area contributed by atoms with Gasteiger partial charge in [-0.15, -0.1) is 0 Å². The average Bonchev–Trinajstić information content (AvgIpc) is 2.62. The molecule has 1 aromatic carbocycles. The number of amides is 2. The molecular formula is C18H17ClF3N3O2. The number of carbonyl (C=O) groups excluding carboxylic acids is 2. The first-order valence-electron chi connectivity index (χ1n) is 8.05. The lowest BCUT2D eigenvalue weighted by molar-refractivity contribution is -0.137. The van der Waals surface area contributed by atoms with Gasteiger partial charge in [-0.05, 0) is 37.6 Å². The van der Waals surface area contributed by atoms with Gasteiger partial charge >= 0.3 is 6.18 Å². The van der Waals surface area contributed by atoms with E-state index in [4.69, 9.17) is 11.6 Å². The normalized spacial score (nSPS) is 12.4. The summed E-state index contributed by atoms with van der Waals surface area (Å²) in [6.45, 7) is 3.74. The largest absolute Gasteiger partial charge is 0.416 e. The van der Waals surface area contributed by atoms with Gasteiger partial charge in [-0.3, -0.25) is 14.6 Å². The van der Waals surface area contributed by atoms with E-state index in [1.54, 1.807) is 0 Å². The number of carbonyl (C=O) groups is 2. The average molecular weight is 400 g/mol. The molecule has 9 heteroatoms. The molecule has 1 aromatic heterocycles. The van der Waals surface area contributed by atoms with Crippen LogP contribution in [0.4, 0.5) is 18.9 Å². The minimum atomic E-state index is -4.57. The van der Waals surface area contributed by atoms with Crippen LogP contribution in [0.2, 0.25) is 5.02 Å². The molecule has 2 aromatic rings. The molecule has 27 heavy (non-hydrogen) atoms. The van der Waals surface area contributed by atoms with Crippen molar-refractivity contribution in [1.29, 1.82) is 0 Å². The van der Waals surface area contributed by atoms with Crippen molar-refractivity contribution in [3.05, 3.63) is 58.4 Å². The number of rotatable bonds is 5. The smallest absolute Gasteiger partial charge is 0.350 e. The number of benzene rings is 1. The van der Waals surface area contributed by atoms with Crippen LogP contribution in [0.15, 0.2) is 36.7 Å². The molecule has 0 aliphatic rings. The zero-order chi connectivity index (χ0) is 20.2. The molecule has 0 bridgehead atoms. The standard InChI is InChI=1S/C18H17ClF3N3O2/c1-3-10(2)24-16(26)11-6-12(9-23-8-11)17(27)25-15-7-13(18(20,21)22)4-5-14(15)19/h4-10H,3H2,1-2H3,(H,24,26)(H,25,27). The van der Waals surface area contributed by atoms with E-state index in [1.807, 2.05) is 13.8 Å². The molecule has 1 unspecified atom stereocenters. The van der Waals surface area contributed by atoms with Gasteiger partial charge in [0.15, 0.2) is 0 Å². The van der Waals surface area contributed by atoms with Crippen molar-refractivity contribution in [3.63, 3.8) is 0 Å². The molecule has 1 heterocycles. The highest BCUT2D eigenvalue weighted by Gasteiger charge is 2.31. The Morgan fingerprint density at radius 1 is 1.15 bits per heavy atom. The minimum absolute atomic E-state index is 0.0141. The number of hydrogen-bond donors (Lipinski definition) is 2. The van der Waals surface area contributed by atoms with Crippen LogP contribution in [0.5, 0.6) is 0 Å². The van der Waals surface area contributed by atoms with E-state index >= 15 is 0 Å². The van der Waals surface area contributed by atoms with Gasteiger partial charge in [-0.2, -0.15) is 13.2 Å². The van der Waals surface area contributed by atoms with Gasteiger partial charge in [-0.1, -0.05) is 18.5 Å². The third-order valence-corrected chi connectivity index (χ3v) is 4.12. The molecule has 5 nitrogen and oxygen atoms in total. The Morgan fingerprint density at radius 2 is 1.78 bits per heavy atom. The van der Waals surface area contributed by atoms with Gasteiger partial charge in [0.25, 0.3) is 11.8 Å². The van der Waals surface area contributed by atoms with Crippen LogP contribution in [-0.4, -0.2) is 22.8 Å². The van der Waals surface area contributed by atoms with Gasteiger partial charge < -0.3 is 10.6 Å². The number of halogens is 4. The maximum absolute atomic E-state index is 12.8. The number of nitrogens with one attached hydrogen (secondary N) is 2. The van der Waals surface area contributed by atoms with Crippen molar-refractivity contribution < 1.29 is 22.8 Å². The van der Waals surface area contributed by atoms with Crippen molar-refractivity contribution >= 4 is 29.1 Å². The minimum Gasteiger partial charge on any atom is -0.350 e. The molecule has 2 amide bonds. The van der Waals surface area contributed by atoms with E-state index in [2.05, 4.69) is 15.6 Å². The van der Waals surface area contributed by atoms with Crippen molar-refractivity contribution in [1.82, 2.24) is 10.3 Å². The van der Waals surface area contributed by atoms with Crippen molar-refractivity contribution in [2.45, 2.75) is 32.5 Å². The van der Waals surface area contributed by atoms with E-state index in [9.17, 15) is 22.8 Å². The summed E-state index contributed by atoms with van der Waals surface area (Å²) in [5, 5.41) is 5.01. The molecular weight excluding hydrogens is 383 g/mol. The van der Waals surface area contributed by atoms with Crippen molar-refractivity contribution in [2.75, 3.05) is 5.32 Å². The molecule has 0 aliphatic heterocycles. The number of aromatic nitrogens is 1. The van der Waals surface area contributed by atoms with Gasteiger partial charge in [0.05, 0.1) is 27.4 Å². The van der Waals surface area contributed by atoms with Crippen LogP contribution in [0.3, 0.4) is 0 Å². The van der Waals surface area contributed by atoms with Crippen LogP contribution in [0, 0.1) is 0 Å². The predicted molar refractivity (Wildman–Crippen MR) is 95.9 cm³/mol. The van der Waals surface area contributed by atoms with Crippen molar-refractivity contribution in [2.24, 2.45) is 0 Å². The molecule has 0 saturated carbocycles.